The molecule has 1 aromatic rings. The summed E-state index contributed by atoms with van der Waals surface area (Å²) < 4.78 is 4.55. The maximum atomic E-state index is 11.2. The van der Waals surface area contributed by atoms with Gasteiger partial charge in [0.15, 0.2) is 5.69 Å². The monoisotopic (exact) mass is 278 g/mol. The molecule has 0 atom stereocenters. The van der Waals surface area contributed by atoms with E-state index >= 15 is 0 Å². The van der Waals surface area contributed by atoms with Crippen LogP contribution in [0.3, 0.4) is 0 Å². The molecule has 0 bridgehead atoms. The summed E-state index contributed by atoms with van der Waals surface area (Å²) in [6.07, 6.45) is 3.32. The number of methoxy groups -OCH3 is 1. The minimum atomic E-state index is -0.508. The van der Waals surface area contributed by atoms with Gasteiger partial charge in [0, 0.05) is 12.0 Å². The highest BCUT2D eigenvalue weighted by molar-refractivity contribution is 5.86. The Morgan fingerprint density at radius 2 is 1.95 bits per heavy atom. The summed E-state index contributed by atoms with van der Waals surface area (Å²) in [7, 11) is 1.30. The third-order valence-electron chi connectivity index (χ3n) is 3.54. The van der Waals surface area contributed by atoms with Gasteiger partial charge in [0.2, 0.25) is 5.91 Å². The predicted octanol–water partition coefficient (Wildman–Crippen LogP) is 0.719. The van der Waals surface area contributed by atoms with Crippen LogP contribution >= 0.6 is 0 Å². The van der Waals surface area contributed by atoms with Crippen LogP contribution in [0.25, 0.3) is 0 Å². The quantitative estimate of drug-likeness (QED) is 0.786. The van der Waals surface area contributed by atoms with E-state index in [-0.39, 0.29) is 23.6 Å². The molecule has 2 rings (SSSR count). The van der Waals surface area contributed by atoms with Crippen molar-refractivity contribution in [3.8, 4) is 0 Å². The lowest BCUT2D eigenvalue weighted by Gasteiger charge is -2.27. The third-order valence-corrected chi connectivity index (χ3v) is 3.54. The van der Waals surface area contributed by atoms with Gasteiger partial charge in [0.05, 0.1) is 7.11 Å². The topological polar surface area (TPSA) is 107 Å². The zero-order valence-corrected chi connectivity index (χ0v) is 11.3. The van der Waals surface area contributed by atoms with Gasteiger partial charge in [-0.25, -0.2) is 4.79 Å². The van der Waals surface area contributed by atoms with Gasteiger partial charge < -0.3 is 15.8 Å². The van der Waals surface area contributed by atoms with Gasteiger partial charge in [-0.2, -0.15) is 0 Å². The van der Waals surface area contributed by atoms with Crippen LogP contribution in [0.2, 0.25) is 0 Å². The van der Waals surface area contributed by atoms with Gasteiger partial charge in [0.25, 0.3) is 0 Å². The smallest absolute Gasteiger partial charge is 0.358 e. The summed E-state index contributed by atoms with van der Waals surface area (Å²) in [5.41, 5.74) is 5.47. The fraction of sp³-hybridized carbons (Fsp3) is 0.538. The number of amides is 1. The number of carbonyl (C=O) groups is 2. The first kappa shape index (κ1) is 14.2. The maximum absolute atomic E-state index is 11.2. The highest BCUT2D eigenvalue weighted by Gasteiger charge is 2.24. The lowest BCUT2D eigenvalue weighted by molar-refractivity contribution is -0.122. The molecule has 7 nitrogen and oxygen atoms in total. The first-order valence-electron chi connectivity index (χ1n) is 6.58. The van der Waals surface area contributed by atoms with E-state index in [1.807, 2.05) is 0 Å². The van der Waals surface area contributed by atoms with E-state index in [0.29, 0.717) is 5.82 Å². The minimum Gasteiger partial charge on any atom is -0.464 e. The van der Waals surface area contributed by atoms with E-state index in [2.05, 4.69) is 20.3 Å². The molecule has 1 amide bonds. The Hall–Kier alpha value is -2.18. The number of nitrogens with two attached hydrogens (primary N) is 1. The van der Waals surface area contributed by atoms with Crippen LogP contribution < -0.4 is 11.1 Å². The van der Waals surface area contributed by atoms with Gasteiger partial charge in [-0.3, -0.25) is 4.79 Å². The summed E-state index contributed by atoms with van der Waals surface area (Å²) >= 11 is 0. The number of aromatic nitrogens is 2. The number of rotatable bonds is 4. The van der Waals surface area contributed by atoms with E-state index in [4.69, 9.17) is 5.73 Å². The van der Waals surface area contributed by atoms with Crippen LogP contribution in [0.5, 0.6) is 0 Å². The molecule has 1 saturated carbocycles. The Bertz CT molecular complexity index is 481. The molecule has 0 radical (unpaired) electrons. The Kier molecular flexibility index (Phi) is 4.49. The molecule has 1 aliphatic carbocycles. The van der Waals surface area contributed by atoms with Crippen molar-refractivity contribution in [1.82, 2.24) is 10.2 Å². The Balaban J connectivity index is 1.88. The van der Waals surface area contributed by atoms with Crippen molar-refractivity contribution >= 4 is 17.7 Å². The van der Waals surface area contributed by atoms with E-state index in [9.17, 15) is 9.59 Å². The second kappa shape index (κ2) is 6.31. The summed E-state index contributed by atoms with van der Waals surface area (Å²) in [5, 5.41) is 11.0. The average molecular weight is 278 g/mol. The molecule has 20 heavy (non-hydrogen) atoms. The molecule has 1 aliphatic rings. The van der Waals surface area contributed by atoms with Gasteiger partial charge in [-0.05, 0) is 37.8 Å². The zero-order chi connectivity index (χ0) is 14.5. The molecule has 1 heterocycles. The molecule has 0 aliphatic heterocycles. The van der Waals surface area contributed by atoms with Crippen LogP contribution in [-0.2, 0) is 9.53 Å². The summed E-state index contributed by atoms with van der Waals surface area (Å²) in [5.74, 6) is -0.127. The molecular formula is C13H18N4O3. The lowest BCUT2D eigenvalue weighted by atomic mass is 9.85. The van der Waals surface area contributed by atoms with Crippen molar-refractivity contribution in [2.45, 2.75) is 31.7 Å². The molecule has 0 unspecified atom stereocenters. The van der Waals surface area contributed by atoms with E-state index in [1.54, 1.807) is 12.1 Å². The number of nitrogens with one attached hydrogen (secondary N) is 1. The summed E-state index contributed by atoms with van der Waals surface area (Å²) in [6, 6.07) is 3.51. The number of anilines is 1. The Morgan fingerprint density at radius 1 is 1.25 bits per heavy atom. The second-order valence-electron chi connectivity index (χ2n) is 4.89. The molecule has 0 spiro atoms. The largest absolute Gasteiger partial charge is 0.464 e. The second-order valence-corrected chi connectivity index (χ2v) is 4.89. The molecule has 0 saturated heterocycles. The number of carbonyl (C=O) groups excluding carboxylic acids is 2. The Labute approximate surface area is 116 Å². The zero-order valence-electron chi connectivity index (χ0n) is 11.3. The molecule has 0 aromatic carbocycles. The SMILES string of the molecule is COC(=O)c1ccc(NC2CCC(C(N)=O)CC2)nn1. The summed E-state index contributed by atoms with van der Waals surface area (Å²) in [6.45, 7) is 0. The number of hydrogen-bond donors (Lipinski definition) is 2. The van der Waals surface area contributed by atoms with Crippen LogP contribution in [0.15, 0.2) is 12.1 Å². The fourth-order valence-electron chi connectivity index (χ4n) is 2.35. The minimum absolute atomic E-state index is 0.0131. The van der Waals surface area contributed by atoms with Crippen LogP contribution in [0.4, 0.5) is 5.82 Å². The van der Waals surface area contributed by atoms with Crippen molar-refractivity contribution in [2.75, 3.05) is 12.4 Å². The number of ether oxygens (including phenoxy) is 1. The molecule has 108 valence electrons. The van der Waals surface area contributed by atoms with Gasteiger partial charge >= 0.3 is 5.97 Å². The first-order valence-corrected chi connectivity index (χ1v) is 6.58. The van der Waals surface area contributed by atoms with Gasteiger partial charge in [-0.15, -0.1) is 10.2 Å². The van der Waals surface area contributed by atoms with Crippen LogP contribution in [-0.4, -0.2) is 35.2 Å². The lowest BCUT2D eigenvalue weighted by Crippen LogP contribution is -2.32. The van der Waals surface area contributed by atoms with Crippen molar-refractivity contribution in [3.63, 3.8) is 0 Å². The van der Waals surface area contributed by atoms with E-state index in [1.165, 1.54) is 7.11 Å². The molecular weight excluding hydrogens is 260 g/mol. The predicted molar refractivity (Wildman–Crippen MR) is 71.9 cm³/mol. The fourth-order valence-corrected chi connectivity index (χ4v) is 2.35. The summed E-state index contributed by atoms with van der Waals surface area (Å²) in [4.78, 5) is 22.3. The number of primary amides is 1. The molecule has 1 fully saturated rings. The highest BCUT2D eigenvalue weighted by Crippen LogP contribution is 2.25. The molecule has 7 heteroatoms. The number of esters is 1. The van der Waals surface area contributed by atoms with E-state index < -0.39 is 5.97 Å². The highest BCUT2D eigenvalue weighted by atomic mass is 16.5. The van der Waals surface area contributed by atoms with E-state index in [0.717, 1.165) is 25.7 Å². The van der Waals surface area contributed by atoms with Crippen LogP contribution in [0.1, 0.15) is 36.2 Å². The van der Waals surface area contributed by atoms with Crippen LogP contribution in [0, 0.1) is 5.92 Å². The first-order chi connectivity index (χ1) is 9.60. The number of nitrogens with zero attached hydrogens (tertiary/aromatic N) is 2. The maximum Gasteiger partial charge on any atom is 0.358 e. The normalized spacial score (nSPS) is 22.1. The van der Waals surface area contributed by atoms with Crippen molar-refractivity contribution in [1.29, 1.82) is 0 Å². The molecule has 3 N–H and O–H groups in total. The van der Waals surface area contributed by atoms with Crippen molar-refractivity contribution in [3.05, 3.63) is 17.8 Å². The Morgan fingerprint density at radius 3 is 2.45 bits per heavy atom. The number of hydrogen-bond acceptors (Lipinski definition) is 6. The van der Waals surface area contributed by atoms with Gasteiger partial charge in [0.1, 0.15) is 5.82 Å². The molecule has 1 aromatic heterocycles. The standard InChI is InChI=1S/C13H18N4O3/c1-20-13(19)10-6-7-11(17-16-10)15-9-4-2-8(3-5-9)12(14)18/h6-9H,2-5H2,1H3,(H2,14,18)(H,15,17). The van der Waals surface area contributed by atoms with Crippen molar-refractivity contribution < 1.29 is 14.3 Å². The van der Waals surface area contributed by atoms with Gasteiger partial charge in [-0.1, -0.05) is 0 Å². The average Bonchev–Trinajstić information content (AvgIpc) is 2.48. The van der Waals surface area contributed by atoms with Crippen molar-refractivity contribution in [2.24, 2.45) is 11.7 Å². The third kappa shape index (κ3) is 3.43.